The highest BCUT2D eigenvalue weighted by Gasteiger charge is 2.33. The van der Waals surface area contributed by atoms with E-state index in [0.29, 0.717) is 23.6 Å². The lowest BCUT2D eigenvalue weighted by atomic mass is 10.0. The van der Waals surface area contributed by atoms with Crippen molar-refractivity contribution in [3.05, 3.63) is 77.4 Å². The van der Waals surface area contributed by atoms with Crippen molar-refractivity contribution < 1.29 is 18.7 Å². The minimum Gasteiger partial charge on any atom is -0.493 e. The fraction of sp³-hybridized carbons (Fsp3) is 0.280. The van der Waals surface area contributed by atoms with Gasteiger partial charge in [0.2, 0.25) is 0 Å². The van der Waals surface area contributed by atoms with E-state index in [4.69, 9.17) is 14.5 Å². The van der Waals surface area contributed by atoms with Crippen LogP contribution in [0, 0.1) is 12.7 Å². The lowest BCUT2D eigenvalue weighted by Gasteiger charge is -2.26. The average Bonchev–Trinajstić information content (AvgIpc) is 3.28. The summed E-state index contributed by atoms with van der Waals surface area (Å²) in [5.41, 5.74) is 4.04. The third-order valence-electron chi connectivity index (χ3n) is 5.64. The van der Waals surface area contributed by atoms with Gasteiger partial charge in [-0.15, -0.1) is 0 Å². The van der Waals surface area contributed by atoms with E-state index >= 15 is 0 Å². The van der Waals surface area contributed by atoms with Gasteiger partial charge in [-0.3, -0.25) is 9.78 Å². The van der Waals surface area contributed by atoms with E-state index in [1.165, 1.54) is 19.2 Å². The van der Waals surface area contributed by atoms with Gasteiger partial charge in [0.15, 0.2) is 11.5 Å². The van der Waals surface area contributed by atoms with Gasteiger partial charge in [0, 0.05) is 12.2 Å². The second-order valence-electron chi connectivity index (χ2n) is 7.63. The van der Waals surface area contributed by atoms with Crippen molar-refractivity contribution in [2.75, 3.05) is 20.8 Å². The molecule has 1 aromatic heterocycles. The molecule has 1 atom stereocenters. The Hall–Kier alpha value is -3.41. The van der Waals surface area contributed by atoms with Gasteiger partial charge < -0.3 is 14.4 Å². The molecule has 1 saturated heterocycles. The summed E-state index contributed by atoms with van der Waals surface area (Å²) in [6.07, 6.45) is 1.72. The number of nitrogens with zero attached hydrogens (tertiary/aromatic N) is 2. The average molecular weight is 420 g/mol. The molecule has 0 saturated carbocycles. The molecular weight excluding hydrogens is 395 g/mol. The highest BCUT2D eigenvalue weighted by atomic mass is 19.1. The molecule has 6 heteroatoms. The molecule has 2 aromatic carbocycles. The van der Waals surface area contributed by atoms with Crippen LogP contribution < -0.4 is 9.47 Å². The molecule has 1 aliphatic rings. The molecule has 0 bridgehead atoms. The summed E-state index contributed by atoms with van der Waals surface area (Å²) in [4.78, 5) is 20.1. The van der Waals surface area contributed by atoms with Gasteiger partial charge >= 0.3 is 0 Å². The quantitative estimate of drug-likeness (QED) is 0.570. The largest absolute Gasteiger partial charge is 0.493 e. The van der Waals surface area contributed by atoms with Gasteiger partial charge in [-0.1, -0.05) is 18.2 Å². The Balaban J connectivity index is 1.69. The van der Waals surface area contributed by atoms with Crippen LogP contribution in [0.2, 0.25) is 0 Å². The van der Waals surface area contributed by atoms with Crippen molar-refractivity contribution in [1.82, 2.24) is 9.88 Å². The highest BCUT2D eigenvalue weighted by molar-refractivity contribution is 5.98. The number of halogens is 1. The number of aryl methyl sites for hydroxylation is 1. The number of carbonyl (C=O) groups is 1. The molecule has 31 heavy (non-hydrogen) atoms. The topological polar surface area (TPSA) is 51.7 Å². The first kappa shape index (κ1) is 20.8. The van der Waals surface area contributed by atoms with Crippen LogP contribution in [0.15, 0.2) is 54.6 Å². The lowest BCUT2D eigenvalue weighted by Crippen LogP contribution is -2.31. The van der Waals surface area contributed by atoms with Crippen LogP contribution in [0.1, 0.15) is 40.6 Å². The van der Waals surface area contributed by atoms with Crippen molar-refractivity contribution in [2.24, 2.45) is 0 Å². The molecule has 2 heterocycles. The van der Waals surface area contributed by atoms with E-state index in [1.807, 2.05) is 24.0 Å². The number of methoxy groups -OCH3 is 2. The first-order valence-corrected chi connectivity index (χ1v) is 10.3. The molecule has 0 radical (unpaired) electrons. The summed E-state index contributed by atoms with van der Waals surface area (Å²) in [5.74, 6) is 0.584. The molecule has 160 valence electrons. The second-order valence-corrected chi connectivity index (χ2v) is 7.63. The van der Waals surface area contributed by atoms with Crippen molar-refractivity contribution in [1.29, 1.82) is 0 Å². The summed E-state index contributed by atoms with van der Waals surface area (Å²) in [6.45, 7) is 2.58. The molecular formula is C25H25FN2O3. The van der Waals surface area contributed by atoms with Crippen LogP contribution >= 0.6 is 0 Å². The summed E-state index contributed by atoms with van der Waals surface area (Å²) >= 11 is 0. The van der Waals surface area contributed by atoms with Crippen LogP contribution in [0.25, 0.3) is 11.1 Å². The Morgan fingerprint density at radius 3 is 2.55 bits per heavy atom. The number of carbonyl (C=O) groups excluding carboxylic acids is 1. The van der Waals surface area contributed by atoms with Gasteiger partial charge in [0.1, 0.15) is 5.82 Å². The number of pyridine rings is 1. The third kappa shape index (κ3) is 4.10. The van der Waals surface area contributed by atoms with Crippen molar-refractivity contribution in [3.63, 3.8) is 0 Å². The van der Waals surface area contributed by atoms with Crippen LogP contribution in [0.3, 0.4) is 0 Å². The van der Waals surface area contributed by atoms with Crippen molar-refractivity contribution in [3.8, 4) is 22.6 Å². The number of amides is 1. The summed E-state index contributed by atoms with van der Waals surface area (Å²) in [6, 6.07) is 15.6. The lowest BCUT2D eigenvalue weighted by molar-refractivity contribution is 0.0728. The minimum absolute atomic E-state index is 0.107. The van der Waals surface area contributed by atoms with E-state index in [1.54, 1.807) is 37.4 Å². The summed E-state index contributed by atoms with van der Waals surface area (Å²) in [7, 11) is 3.09. The maximum absolute atomic E-state index is 13.5. The molecule has 1 aliphatic heterocycles. The molecule has 4 rings (SSSR count). The molecule has 0 unspecified atom stereocenters. The van der Waals surface area contributed by atoms with E-state index < -0.39 is 0 Å². The zero-order valence-electron chi connectivity index (χ0n) is 17.9. The first-order chi connectivity index (χ1) is 15.0. The molecule has 1 amide bonds. The number of rotatable bonds is 5. The Labute approximate surface area is 181 Å². The zero-order chi connectivity index (χ0) is 22.0. The number of aromatic nitrogens is 1. The fourth-order valence-electron chi connectivity index (χ4n) is 4.20. The van der Waals surface area contributed by atoms with Crippen molar-refractivity contribution >= 4 is 5.91 Å². The predicted molar refractivity (Wildman–Crippen MR) is 117 cm³/mol. The third-order valence-corrected chi connectivity index (χ3v) is 5.64. The second kappa shape index (κ2) is 8.76. The monoisotopic (exact) mass is 420 g/mol. The molecule has 1 fully saturated rings. The fourth-order valence-corrected chi connectivity index (χ4v) is 4.20. The van der Waals surface area contributed by atoms with Gasteiger partial charge in [-0.2, -0.15) is 0 Å². The molecule has 0 spiro atoms. The minimum atomic E-state index is -0.269. The number of hydrogen-bond acceptors (Lipinski definition) is 4. The number of ether oxygens (including phenoxy) is 2. The standard InChI is InChI=1S/C25H25FN2O3/c1-16-14-18(17-9-11-19(26)12-10-17)15-21(27-16)22-7-5-13-28(22)25(29)20-6-4-8-23(30-2)24(20)31-3/h4,6,8-12,14-15,22H,5,7,13H2,1-3H3/t22-/m1/s1. The number of hydrogen-bond donors (Lipinski definition) is 0. The van der Waals surface area contributed by atoms with E-state index in [-0.39, 0.29) is 17.8 Å². The molecule has 0 aliphatic carbocycles. The van der Waals surface area contributed by atoms with Crippen LogP contribution in [0.4, 0.5) is 4.39 Å². The van der Waals surface area contributed by atoms with Gasteiger partial charge in [-0.05, 0) is 67.3 Å². The maximum Gasteiger partial charge on any atom is 0.258 e. The van der Waals surface area contributed by atoms with Gasteiger partial charge in [0.25, 0.3) is 5.91 Å². The zero-order valence-corrected chi connectivity index (χ0v) is 17.9. The normalized spacial score (nSPS) is 15.7. The van der Waals surface area contributed by atoms with E-state index in [2.05, 4.69) is 0 Å². The number of para-hydroxylation sites is 1. The summed E-state index contributed by atoms with van der Waals surface area (Å²) < 4.78 is 24.2. The molecule has 0 N–H and O–H groups in total. The first-order valence-electron chi connectivity index (χ1n) is 10.3. The Bertz CT molecular complexity index is 1100. The van der Waals surface area contributed by atoms with Gasteiger partial charge in [0.05, 0.1) is 31.5 Å². The van der Waals surface area contributed by atoms with E-state index in [9.17, 15) is 9.18 Å². The van der Waals surface area contributed by atoms with Crippen LogP contribution in [-0.4, -0.2) is 36.6 Å². The SMILES string of the molecule is COc1cccc(C(=O)N2CCC[C@@H]2c2cc(-c3ccc(F)cc3)cc(C)n2)c1OC. The van der Waals surface area contributed by atoms with E-state index in [0.717, 1.165) is 35.4 Å². The maximum atomic E-state index is 13.5. The van der Waals surface area contributed by atoms with Crippen LogP contribution in [0.5, 0.6) is 11.5 Å². The number of benzene rings is 2. The Kier molecular flexibility index (Phi) is 5.89. The summed E-state index contributed by atoms with van der Waals surface area (Å²) in [5, 5.41) is 0. The highest BCUT2D eigenvalue weighted by Crippen LogP contribution is 2.37. The predicted octanol–water partition coefficient (Wildman–Crippen LogP) is 5.19. The number of likely N-dealkylation sites (tertiary alicyclic amines) is 1. The Morgan fingerprint density at radius 1 is 1.06 bits per heavy atom. The molecule has 3 aromatic rings. The Morgan fingerprint density at radius 2 is 1.84 bits per heavy atom. The smallest absolute Gasteiger partial charge is 0.258 e. The molecule has 5 nitrogen and oxygen atoms in total. The van der Waals surface area contributed by atoms with Crippen molar-refractivity contribution in [2.45, 2.75) is 25.8 Å². The van der Waals surface area contributed by atoms with Gasteiger partial charge in [-0.25, -0.2) is 4.39 Å². The van der Waals surface area contributed by atoms with Crippen LogP contribution in [-0.2, 0) is 0 Å².